The molecular formula is C20H29ClF3N3O3S. The van der Waals surface area contributed by atoms with Crippen LogP contribution in [-0.2, 0) is 21.0 Å². The molecule has 0 unspecified atom stereocenters. The van der Waals surface area contributed by atoms with E-state index in [1.165, 1.54) is 12.8 Å². The number of nitrogens with zero attached hydrogens (tertiary/aromatic N) is 1. The minimum atomic E-state index is -4.77. The summed E-state index contributed by atoms with van der Waals surface area (Å²) in [5.41, 5.74) is -1.23. The van der Waals surface area contributed by atoms with Gasteiger partial charge in [0, 0.05) is 19.5 Å². The molecule has 1 aliphatic heterocycles. The highest BCUT2D eigenvalue weighted by Crippen LogP contribution is 2.35. The van der Waals surface area contributed by atoms with Crippen LogP contribution in [0, 0.1) is 5.92 Å². The first-order valence-electron chi connectivity index (χ1n) is 10.3. The van der Waals surface area contributed by atoms with Crippen molar-refractivity contribution in [1.29, 1.82) is 0 Å². The van der Waals surface area contributed by atoms with Crippen LogP contribution in [0.2, 0.25) is 5.02 Å². The van der Waals surface area contributed by atoms with Gasteiger partial charge < -0.3 is 10.2 Å². The molecule has 0 aromatic heterocycles. The zero-order valence-corrected chi connectivity index (χ0v) is 19.0. The van der Waals surface area contributed by atoms with E-state index in [2.05, 4.69) is 21.9 Å². The summed E-state index contributed by atoms with van der Waals surface area (Å²) in [5, 5.41) is 2.15. The fourth-order valence-electron chi connectivity index (χ4n) is 3.33. The number of alkyl halides is 3. The molecule has 0 spiro atoms. The van der Waals surface area contributed by atoms with Crippen LogP contribution in [0.25, 0.3) is 0 Å². The number of carbonyl (C=O) groups excluding carboxylic acids is 1. The average molecular weight is 484 g/mol. The molecular weight excluding hydrogens is 455 g/mol. The van der Waals surface area contributed by atoms with Gasteiger partial charge in [-0.1, -0.05) is 18.5 Å². The Morgan fingerprint density at radius 1 is 1.19 bits per heavy atom. The number of carbonyl (C=O) groups is 1. The predicted octanol–water partition coefficient (Wildman–Crippen LogP) is 3.66. The quantitative estimate of drug-likeness (QED) is 0.498. The molecule has 1 fully saturated rings. The van der Waals surface area contributed by atoms with E-state index < -0.39 is 31.7 Å². The topological polar surface area (TPSA) is 78.5 Å². The van der Waals surface area contributed by atoms with Crippen molar-refractivity contribution in [3.63, 3.8) is 0 Å². The maximum atomic E-state index is 12.9. The van der Waals surface area contributed by atoms with Crippen LogP contribution >= 0.6 is 11.6 Å². The molecule has 0 radical (unpaired) electrons. The van der Waals surface area contributed by atoms with Crippen molar-refractivity contribution in [3.05, 3.63) is 28.8 Å². The summed E-state index contributed by atoms with van der Waals surface area (Å²) in [7, 11) is -4.20. The number of unbranched alkanes of at least 4 members (excludes halogenated alkanes) is 1. The minimum absolute atomic E-state index is 0.108. The van der Waals surface area contributed by atoms with Crippen molar-refractivity contribution in [3.8, 4) is 0 Å². The molecule has 1 aromatic rings. The first kappa shape index (κ1) is 25.9. The fraction of sp³-hybridized carbons (Fsp3) is 0.650. The maximum Gasteiger partial charge on any atom is 0.417 e. The largest absolute Gasteiger partial charge is 0.417 e. The molecule has 1 aromatic carbocycles. The second-order valence-corrected chi connectivity index (χ2v) is 10.0. The van der Waals surface area contributed by atoms with Gasteiger partial charge in [-0.05, 0) is 69.4 Å². The van der Waals surface area contributed by atoms with E-state index >= 15 is 0 Å². The molecule has 6 nitrogen and oxygen atoms in total. The van der Waals surface area contributed by atoms with Crippen molar-refractivity contribution in [2.75, 3.05) is 32.7 Å². The molecule has 176 valence electrons. The monoisotopic (exact) mass is 483 g/mol. The van der Waals surface area contributed by atoms with Crippen LogP contribution in [-0.4, -0.2) is 51.9 Å². The number of sulfonamides is 1. The van der Waals surface area contributed by atoms with Crippen LogP contribution in [0.15, 0.2) is 23.1 Å². The Kier molecular flexibility index (Phi) is 9.60. The third kappa shape index (κ3) is 8.59. The Labute approximate surface area is 186 Å². The molecule has 1 aliphatic rings. The van der Waals surface area contributed by atoms with Gasteiger partial charge in [0.1, 0.15) is 0 Å². The summed E-state index contributed by atoms with van der Waals surface area (Å²) >= 11 is 5.51. The van der Waals surface area contributed by atoms with Crippen molar-refractivity contribution in [2.24, 2.45) is 5.92 Å². The summed E-state index contributed by atoms with van der Waals surface area (Å²) in [6.07, 6.45) is -0.633. The summed E-state index contributed by atoms with van der Waals surface area (Å²) < 4.78 is 65.3. The molecule has 1 heterocycles. The molecule has 2 N–H and O–H groups in total. The standard InChI is InChI=1S/C20H29ClF3N3O3S/c1-15-7-12-27(13-8-15)11-3-2-9-25-19(28)6-10-26-31(29,30)16-4-5-18(21)17(14-16)20(22,23)24/h4-5,14-15,26H,2-3,6-13H2,1H3,(H,25,28). The lowest BCUT2D eigenvalue weighted by molar-refractivity contribution is -0.137. The van der Waals surface area contributed by atoms with Gasteiger partial charge >= 0.3 is 6.18 Å². The van der Waals surface area contributed by atoms with Crippen molar-refractivity contribution in [1.82, 2.24) is 14.9 Å². The van der Waals surface area contributed by atoms with Gasteiger partial charge in [-0.25, -0.2) is 13.1 Å². The number of halogens is 4. The number of amides is 1. The van der Waals surface area contributed by atoms with Crippen LogP contribution in [0.4, 0.5) is 13.2 Å². The number of hydrogen-bond acceptors (Lipinski definition) is 4. The van der Waals surface area contributed by atoms with Gasteiger partial charge in [0.15, 0.2) is 0 Å². The average Bonchev–Trinajstić information content (AvgIpc) is 2.68. The Balaban J connectivity index is 1.68. The summed E-state index contributed by atoms with van der Waals surface area (Å²) in [5.74, 6) is 0.473. The van der Waals surface area contributed by atoms with E-state index in [1.807, 2.05) is 0 Å². The highest BCUT2D eigenvalue weighted by atomic mass is 35.5. The number of rotatable bonds is 10. The maximum absolute atomic E-state index is 12.9. The molecule has 0 atom stereocenters. The van der Waals surface area contributed by atoms with Gasteiger partial charge in [-0.3, -0.25) is 4.79 Å². The van der Waals surface area contributed by atoms with E-state index in [0.717, 1.165) is 50.5 Å². The highest BCUT2D eigenvalue weighted by molar-refractivity contribution is 7.89. The highest BCUT2D eigenvalue weighted by Gasteiger charge is 2.34. The molecule has 0 saturated carbocycles. The zero-order valence-electron chi connectivity index (χ0n) is 17.5. The molecule has 1 amide bonds. The molecule has 0 aliphatic carbocycles. The molecule has 0 bridgehead atoms. The summed E-state index contributed by atoms with van der Waals surface area (Å²) in [4.78, 5) is 13.7. The third-order valence-corrected chi connectivity index (χ3v) is 7.09. The van der Waals surface area contributed by atoms with Crippen molar-refractivity contribution >= 4 is 27.5 Å². The Morgan fingerprint density at radius 3 is 2.52 bits per heavy atom. The number of piperidine rings is 1. The zero-order chi connectivity index (χ0) is 23.1. The fourth-order valence-corrected chi connectivity index (χ4v) is 4.62. The second kappa shape index (κ2) is 11.5. The van der Waals surface area contributed by atoms with Crippen LogP contribution in [0.1, 0.15) is 44.6 Å². The number of likely N-dealkylation sites (tertiary alicyclic amines) is 1. The first-order chi connectivity index (χ1) is 14.5. The smallest absolute Gasteiger partial charge is 0.356 e. The van der Waals surface area contributed by atoms with E-state index in [-0.39, 0.29) is 18.9 Å². The van der Waals surface area contributed by atoms with E-state index in [0.29, 0.717) is 12.6 Å². The van der Waals surface area contributed by atoms with Crippen molar-refractivity contribution in [2.45, 2.75) is 50.1 Å². The lowest BCUT2D eigenvalue weighted by Crippen LogP contribution is -2.34. The first-order valence-corrected chi connectivity index (χ1v) is 12.2. The Bertz CT molecular complexity index is 842. The van der Waals surface area contributed by atoms with E-state index in [4.69, 9.17) is 11.6 Å². The van der Waals surface area contributed by atoms with Crippen LogP contribution in [0.3, 0.4) is 0 Å². The Hall–Kier alpha value is -1.36. The molecule has 11 heteroatoms. The van der Waals surface area contributed by atoms with Gasteiger partial charge in [-0.2, -0.15) is 13.2 Å². The normalized spacial score (nSPS) is 16.4. The van der Waals surface area contributed by atoms with E-state index in [9.17, 15) is 26.4 Å². The summed E-state index contributed by atoms with van der Waals surface area (Å²) in [6, 6.07) is 2.35. The van der Waals surface area contributed by atoms with Crippen LogP contribution < -0.4 is 10.0 Å². The van der Waals surface area contributed by atoms with Crippen molar-refractivity contribution < 1.29 is 26.4 Å². The molecule has 31 heavy (non-hydrogen) atoms. The van der Waals surface area contributed by atoms with Gasteiger partial charge in [0.2, 0.25) is 15.9 Å². The lowest BCUT2D eigenvalue weighted by Gasteiger charge is -2.30. The SMILES string of the molecule is CC1CCN(CCCCNC(=O)CCNS(=O)(=O)c2ccc(Cl)c(C(F)(F)F)c2)CC1. The molecule has 1 saturated heterocycles. The summed E-state index contributed by atoms with van der Waals surface area (Å²) in [6.45, 7) is 5.79. The van der Waals surface area contributed by atoms with Crippen LogP contribution in [0.5, 0.6) is 0 Å². The van der Waals surface area contributed by atoms with E-state index in [1.54, 1.807) is 0 Å². The second-order valence-electron chi connectivity index (χ2n) is 7.87. The number of benzene rings is 1. The molecule has 2 rings (SSSR count). The number of hydrogen-bond donors (Lipinski definition) is 2. The minimum Gasteiger partial charge on any atom is -0.356 e. The van der Waals surface area contributed by atoms with Gasteiger partial charge in [-0.15, -0.1) is 0 Å². The van der Waals surface area contributed by atoms with Gasteiger partial charge in [0.25, 0.3) is 0 Å². The Morgan fingerprint density at radius 2 is 1.87 bits per heavy atom. The predicted molar refractivity (Wildman–Crippen MR) is 113 cm³/mol. The number of nitrogens with one attached hydrogen (secondary N) is 2. The van der Waals surface area contributed by atoms with Gasteiger partial charge in [0.05, 0.1) is 15.5 Å². The lowest BCUT2D eigenvalue weighted by atomic mass is 9.99. The third-order valence-electron chi connectivity index (χ3n) is 5.30.